The number of amides is 3. The molecule has 2 N–H and O–H groups in total. The zero-order chi connectivity index (χ0) is 19.8. The fraction of sp³-hybridized carbons (Fsp3) is 0.545. The molecule has 28 heavy (non-hydrogen) atoms. The molecule has 0 aromatic heterocycles. The van der Waals surface area contributed by atoms with Crippen LogP contribution in [-0.2, 0) is 4.79 Å². The summed E-state index contributed by atoms with van der Waals surface area (Å²) in [5.41, 5.74) is 3.81. The molecule has 1 fully saturated rings. The SMILES string of the molecule is CC(C)c1ccc([C@@H]2NC(=O)N(C)C3=C2C(=O)N(CC[NH+]2CCCC2)C3)cc1. The molecule has 0 saturated carbocycles. The lowest BCUT2D eigenvalue weighted by molar-refractivity contribution is -0.886. The van der Waals surface area contributed by atoms with E-state index in [2.05, 4.69) is 31.3 Å². The molecule has 1 aromatic carbocycles. The molecular formula is C22H31N4O2+. The zero-order valence-corrected chi connectivity index (χ0v) is 17.1. The molecule has 6 heteroatoms. The van der Waals surface area contributed by atoms with Crippen LogP contribution in [0.15, 0.2) is 35.5 Å². The van der Waals surface area contributed by atoms with E-state index in [9.17, 15) is 9.59 Å². The van der Waals surface area contributed by atoms with Gasteiger partial charge in [-0.1, -0.05) is 38.1 Å². The summed E-state index contributed by atoms with van der Waals surface area (Å²) in [6, 6.07) is 7.77. The van der Waals surface area contributed by atoms with E-state index in [1.54, 1.807) is 16.8 Å². The molecule has 0 aliphatic carbocycles. The lowest BCUT2D eigenvalue weighted by atomic mass is 9.93. The summed E-state index contributed by atoms with van der Waals surface area (Å²) in [7, 11) is 1.76. The number of hydrogen-bond donors (Lipinski definition) is 2. The second-order valence-corrected chi connectivity index (χ2v) is 8.56. The van der Waals surface area contributed by atoms with Crippen LogP contribution in [0.3, 0.4) is 0 Å². The molecule has 3 aliphatic rings. The van der Waals surface area contributed by atoms with E-state index in [0.717, 1.165) is 29.9 Å². The topological polar surface area (TPSA) is 57.1 Å². The number of quaternary nitrogens is 1. The molecule has 0 unspecified atom stereocenters. The van der Waals surface area contributed by atoms with Gasteiger partial charge < -0.3 is 15.1 Å². The molecular weight excluding hydrogens is 352 g/mol. The largest absolute Gasteiger partial charge is 0.333 e. The minimum atomic E-state index is -0.364. The smallest absolute Gasteiger partial charge is 0.322 e. The van der Waals surface area contributed by atoms with E-state index in [1.165, 1.54) is 31.5 Å². The van der Waals surface area contributed by atoms with Crippen LogP contribution in [0.25, 0.3) is 0 Å². The van der Waals surface area contributed by atoms with Crippen molar-refractivity contribution in [1.29, 1.82) is 0 Å². The van der Waals surface area contributed by atoms with Crippen molar-refractivity contribution in [1.82, 2.24) is 15.1 Å². The molecule has 4 rings (SSSR count). The first kappa shape index (κ1) is 19.0. The molecule has 3 heterocycles. The van der Waals surface area contributed by atoms with Gasteiger partial charge in [0.15, 0.2) is 0 Å². The number of carbonyl (C=O) groups excluding carboxylic acids is 2. The van der Waals surface area contributed by atoms with Crippen molar-refractivity contribution in [3.63, 3.8) is 0 Å². The van der Waals surface area contributed by atoms with Gasteiger partial charge in [0.25, 0.3) is 5.91 Å². The third-order valence-corrected chi connectivity index (χ3v) is 6.42. The lowest BCUT2D eigenvalue weighted by Gasteiger charge is -2.31. The van der Waals surface area contributed by atoms with Crippen molar-refractivity contribution in [2.75, 3.05) is 39.8 Å². The Bertz CT molecular complexity index is 793. The summed E-state index contributed by atoms with van der Waals surface area (Å²) in [5.74, 6) is 0.519. The number of urea groups is 1. The summed E-state index contributed by atoms with van der Waals surface area (Å²) in [6.45, 7) is 9.01. The maximum Gasteiger partial charge on any atom is 0.322 e. The predicted octanol–water partition coefficient (Wildman–Crippen LogP) is 1.28. The van der Waals surface area contributed by atoms with Crippen LogP contribution in [0, 0.1) is 0 Å². The zero-order valence-electron chi connectivity index (χ0n) is 17.1. The lowest BCUT2D eigenvalue weighted by Crippen LogP contribution is -3.10. The third kappa shape index (κ3) is 3.41. The molecule has 0 spiro atoms. The van der Waals surface area contributed by atoms with Crippen molar-refractivity contribution in [3.8, 4) is 0 Å². The Morgan fingerprint density at radius 1 is 1.14 bits per heavy atom. The van der Waals surface area contributed by atoms with Gasteiger partial charge in [-0.2, -0.15) is 0 Å². The molecule has 0 radical (unpaired) electrons. The Morgan fingerprint density at radius 3 is 2.46 bits per heavy atom. The first-order chi connectivity index (χ1) is 13.5. The second-order valence-electron chi connectivity index (χ2n) is 8.56. The number of benzene rings is 1. The molecule has 1 aromatic rings. The average Bonchev–Trinajstić information content (AvgIpc) is 3.31. The molecule has 3 aliphatic heterocycles. The Hall–Kier alpha value is -2.34. The van der Waals surface area contributed by atoms with Gasteiger partial charge in [0.05, 0.1) is 50.0 Å². The second kappa shape index (κ2) is 7.59. The monoisotopic (exact) mass is 383 g/mol. The fourth-order valence-corrected chi connectivity index (χ4v) is 4.55. The standard InChI is InChI=1S/C22H30N4O2/c1-15(2)16-6-8-17(9-7-16)20-19-18(24(3)22(28)23-20)14-26(21(19)27)13-12-25-10-4-5-11-25/h6-9,15,20H,4-5,10-14H2,1-3H3,(H,23,28)/p+1/t20-/m0/s1. The summed E-state index contributed by atoms with van der Waals surface area (Å²) in [6.07, 6.45) is 2.57. The molecule has 1 atom stereocenters. The van der Waals surface area contributed by atoms with E-state index < -0.39 is 0 Å². The van der Waals surface area contributed by atoms with Crippen molar-refractivity contribution >= 4 is 11.9 Å². The van der Waals surface area contributed by atoms with Crippen LogP contribution in [0.2, 0.25) is 0 Å². The van der Waals surface area contributed by atoms with E-state index >= 15 is 0 Å². The number of nitrogens with one attached hydrogen (secondary N) is 2. The number of carbonyl (C=O) groups is 2. The minimum Gasteiger partial charge on any atom is -0.333 e. The van der Waals surface area contributed by atoms with E-state index in [0.29, 0.717) is 12.5 Å². The van der Waals surface area contributed by atoms with Gasteiger partial charge >= 0.3 is 6.03 Å². The summed E-state index contributed by atoms with van der Waals surface area (Å²) in [4.78, 5) is 30.9. The molecule has 6 nitrogen and oxygen atoms in total. The van der Waals surface area contributed by atoms with Crippen LogP contribution in [-0.4, -0.2) is 61.5 Å². The maximum absolute atomic E-state index is 13.2. The Morgan fingerprint density at radius 2 is 1.82 bits per heavy atom. The quantitative estimate of drug-likeness (QED) is 0.805. The Balaban J connectivity index is 1.56. The van der Waals surface area contributed by atoms with Crippen molar-refractivity contribution in [3.05, 3.63) is 46.7 Å². The highest BCUT2D eigenvalue weighted by atomic mass is 16.2. The van der Waals surface area contributed by atoms with Gasteiger partial charge in [-0.3, -0.25) is 9.69 Å². The molecule has 0 bridgehead atoms. The first-order valence-electron chi connectivity index (χ1n) is 10.5. The van der Waals surface area contributed by atoms with E-state index in [-0.39, 0.29) is 18.0 Å². The highest BCUT2D eigenvalue weighted by Crippen LogP contribution is 2.35. The minimum absolute atomic E-state index is 0.0679. The summed E-state index contributed by atoms with van der Waals surface area (Å²) < 4.78 is 0. The van der Waals surface area contributed by atoms with Crippen LogP contribution < -0.4 is 10.2 Å². The molecule has 3 amide bonds. The van der Waals surface area contributed by atoms with Crippen LogP contribution in [0.4, 0.5) is 4.79 Å². The van der Waals surface area contributed by atoms with Crippen molar-refractivity contribution in [2.45, 2.75) is 38.6 Å². The number of hydrogen-bond acceptors (Lipinski definition) is 2. The van der Waals surface area contributed by atoms with E-state index in [4.69, 9.17) is 0 Å². The van der Waals surface area contributed by atoms with Gasteiger partial charge in [-0.05, 0) is 17.0 Å². The van der Waals surface area contributed by atoms with Gasteiger partial charge in [0, 0.05) is 19.9 Å². The van der Waals surface area contributed by atoms with Gasteiger partial charge in [0.2, 0.25) is 0 Å². The Kier molecular flexibility index (Phi) is 5.15. The number of nitrogens with zero attached hydrogens (tertiary/aromatic N) is 2. The van der Waals surface area contributed by atoms with Crippen molar-refractivity contribution in [2.24, 2.45) is 0 Å². The third-order valence-electron chi connectivity index (χ3n) is 6.42. The number of rotatable bonds is 5. The van der Waals surface area contributed by atoms with Crippen LogP contribution >= 0.6 is 0 Å². The highest BCUT2D eigenvalue weighted by Gasteiger charge is 2.43. The fourth-order valence-electron chi connectivity index (χ4n) is 4.55. The normalized spacial score (nSPS) is 23.1. The highest BCUT2D eigenvalue weighted by molar-refractivity contribution is 6.01. The van der Waals surface area contributed by atoms with Gasteiger partial charge in [-0.15, -0.1) is 0 Å². The number of likely N-dealkylation sites (tertiary alicyclic amines) is 1. The number of likely N-dealkylation sites (N-methyl/N-ethyl adjacent to an activating group) is 1. The van der Waals surface area contributed by atoms with E-state index in [1.807, 2.05) is 17.0 Å². The van der Waals surface area contributed by atoms with Gasteiger partial charge in [-0.25, -0.2) is 4.79 Å². The molecule has 150 valence electrons. The van der Waals surface area contributed by atoms with Gasteiger partial charge in [0.1, 0.15) is 0 Å². The summed E-state index contributed by atoms with van der Waals surface area (Å²) in [5, 5.41) is 3.03. The Labute approximate surface area is 167 Å². The maximum atomic E-state index is 13.2. The van der Waals surface area contributed by atoms with Crippen LogP contribution in [0.5, 0.6) is 0 Å². The first-order valence-corrected chi connectivity index (χ1v) is 10.5. The molecule has 1 saturated heterocycles. The van der Waals surface area contributed by atoms with Crippen LogP contribution in [0.1, 0.15) is 49.8 Å². The van der Waals surface area contributed by atoms with Crippen molar-refractivity contribution < 1.29 is 14.5 Å². The predicted molar refractivity (Wildman–Crippen MR) is 108 cm³/mol. The average molecular weight is 384 g/mol. The summed E-state index contributed by atoms with van der Waals surface area (Å²) >= 11 is 0.